The lowest BCUT2D eigenvalue weighted by molar-refractivity contribution is 0.0700. The monoisotopic (exact) mass is 613 g/mol. The lowest BCUT2D eigenvalue weighted by Crippen LogP contribution is -2.41. The highest BCUT2D eigenvalue weighted by molar-refractivity contribution is 6.01. The predicted molar refractivity (Wildman–Crippen MR) is 178 cm³/mol. The molecule has 232 valence electrons. The molecule has 2 aromatic carbocycles. The molecule has 3 fully saturated rings. The Bertz CT molecular complexity index is 2280. The molecule has 6 aromatic rings. The number of nitrogens with one attached hydrogen (secondary N) is 1. The van der Waals surface area contributed by atoms with E-state index >= 15 is 0 Å². The number of nitrogens with zero attached hydrogens (tertiary/aromatic N) is 5. The normalized spacial score (nSPS) is 20.8. The van der Waals surface area contributed by atoms with Crippen molar-refractivity contribution in [3.8, 4) is 28.5 Å². The number of rotatable bonds is 6. The Morgan fingerprint density at radius 3 is 2.67 bits per heavy atom. The summed E-state index contributed by atoms with van der Waals surface area (Å²) in [6.07, 6.45) is 4.44. The number of benzene rings is 2. The highest BCUT2D eigenvalue weighted by Crippen LogP contribution is 2.40. The minimum atomic E-state index is -0.126. The van der Waals surface area contributed by atoms with E-state index in [1.54, 1.807) is 13.2 Å². The summed E-state index contributed by atoms with van der Waals surface area (Å²) in [6, 6.07) is 19.5. The lowest BCUT2D eigenvalue weighted by Gasteiger charge is -2.27. The third-order valence-electron chi connectivity index (χ3n) is 10.5. The van der Waals surface area contributed by atoms with Crippen LogP contribution in [0.15, 0.2) is 65.5 Å². The second-order valence-electron chi connectivity index (χ2n) is 13.3. The fourth-order valence-corrected chi connectivity index (χ4v) is 7.88. The van der Waals surface area contributed by atoms with Crippen LogP contribution in [0.25, 0.3) is 55.7 Å². The van der Waals surface area contributed by atoms with E-state index in [4.69, 9.17) is 20.4 Å². The number of H-pyrrole nitrogens is 1. The Labute approximate surface area is 264 Å². The molecule has 2 bridgehead atoms. The van der Waals surface area contributed by atoms with E-state index in [9.17, 15) is 9.59 Å². The molecule has 2 saturated carbocycles. The number of nitrogens with two attached hydrogens (primary N) is 1. The molecule has 10 heteroatoms. The number of likely N-dealkylation sites (tertiary alicyclic amines) is 1. The molecule has 1 saturated heterocycles. The highest BCUT2D eigenvalue weighted by atomic mass is 16.5. The molecule has 46 heavy (non-hydrogen) atoms. The molecule has 0 radical (unpaired) electrons. The van der Waals surface area contributed by atoms with Crippen molar-refractivity contribution in [2.24, 2.45) is 24.6 Å². The fourth-order valence-electron chi connectivity index (χ4n) is 7.88. The van der Waals surface area contributed by atoms with Crippen LogP contribution in [-0.4, -0.2) is 60.6 Å². The van der Waals surface area contributed by atoms with Gasteiger partial charge in [0.05, 0.1) is 24.0 Å². The zero-order valence-corrected chi connectivity index (χ0v) is 25.9. The summed E-state index contributed by atoms with van der Waals surface area (Å²) in [6.45, 7) is 1.56. The van der Waals surface area contributed by atoms with Crippen molar-refractivity contribution in [1.82, 2.24) is 29.0 Å². The first-order valence-corrected chi connectivity index (χ1v) is 16.1. The third-order valence-corrected chi connectivity index (χ3v) is 10.5. The molecule has 3 N–H and O–H groups in total. The van der Waals surface area contributed by atoms with Crippen LogP contribution < -0.4 is 16.0 Å². The number of ether oxygens (including phenoxy) is 1. The smallest absolute Gasteiger partial charge is 0.254 e. The molecular weight excluding hydrogens is 578 g/mol. The highest BCUT2D eigenvalue weighted by Gasteiger charge is 2.47. The number of aromatic amines is 1. The van der Waals surface area contributed by atoms with Gasteiger partial charge in [0.15, 0.2) is 5.82 Å². The fraction of sp³-hybridized carbons (Fsp3) is 0.333. The third kappa shape index (κ3) is 4.12. The van der Waals surface area contributed by atoms with Crippen LogP contribution >= 0.6 is 0 Å². The van der Waals surface area contributed by atoms with E-state index in [2.05, 4.69) is 26.3 Å². The topological polar surface area (TPSA) is 124 Å². The first-order chi connectivity index (χ1) is 22.4. The number of aryl methyl sites for hydroxylation is 1. The number of hydrogen-bond acceptors (Lipinski definition) is 6. The second-order valence-corrected chi connectivity index (χ2v) is 13.3. The van der Waals surface area contributed by atoms with E-state index in [-0.39, 0.29) is 23.6 Å². The molecule has 2 aliphatic carbocycles. The number of carbonyl (C=O) groups is 1. The Balaban J connectivity index is 1.17. The van der Waals surface area contributed by atoms with Gasteiger partial charge < -0.3 is 29.5 Å². The van der Waals surface area contributed by atoms with Gasteiger partial charge in [-0.3, -0.25) is 9.59 Å². The maximum absolute atomic E-state index is 13.8. The van der Waals surface area contributed by atoms with Gasteiger partial charge in [0, 0.05) is 65.7 Å². The zero-order chi connectivity index (χ0) is 31.3. The van der Waals surface area contributed by atoms with Gasteiger partial charge in [-0.05, 0) is 80.0 Å². The van der Waals surface area contributed by atoms with Gasteiger partial charge in [-0.2, -0.15) is 0 Å². The van der Waals surface area contributed by atoms with Crippen molar-refractivity contribution in [1.29, 1.82) is 0 Å². The van der Waals surface area contributed by atoms with Gasteiger partial charge in [0.2, 0.25) is 5.56 Å². The van der Waals surface area contributed by atoms with Crippen LogP contribution in [0.2, 0.25) is 0 Å². The van der Waals surface area contributed by atoms with Gasteiger partial charge in [0.1, 0.15) is 16.9 Å². The molecule has 3 unspecified atom stereocenters. The van der Waals surface area contributed by atoms with Crippen LogP contribution in [0.1, 0.15) is 36.0 Å². The molecule has 10 nitrogen and oxygen atoms in total. The Morgan fingerprint density at radius 1 is 1.04 bits per heavy atom. The van der Waals surface area contributed by atoms with Crippen LogP contribution in [0.4, 0.5) is 0 Å². The average Bonchev–Trinajstić information content (AvgIpc) is 3.47. The minimum absolute atomic E-state index is 0.00728. The number of carbonyl (C=O) groups excluding carboxylic acids is 1. The van der Waals surface area contributed by atoms with Gasteiger partial charge in [0.25, 0.3) is 5.91 Å². The van der Waals surface area contributed by atoms with E-state index < -0.39 is 0 Å². The Kier molecular flexibility index (Phi) is 5.96. The molecule has 3 atom stereocenters. The number of piperidine rings is 1. The predicted octanol–water partition coefficient (Wildman–Crippen LogP) is 5.08. The van der Waals surface area contributed by atoms with Crippen LogP contribution in [-0.2, 0) is 13.6 Å². The number of aromatic nitrogens is 5. The zero-order valence-electron chi connectivity index (χ0n) is 25.9. The van der Waals surface area contributed by atoms with Crippen LogP contribution in [0.5, 0.6) is 5.75 Å². The maximum Gasteiger partial charge on any atom is 0.254 e. The summed E-state index contributed by atoms with van der Waals surface area (Å²) in [7, 11) is 3.64. The maximum atomic E-state index is 13.8. The van der Waals surface area contributed by atoms with Crippen molar-refractivity contribution >= 4 is 38.9 Å². The Morgan fingerprint density at radius 2 is 1.91 bits per heavy atom. The molecule has 0 spiro atoms. The van der Waals surface area contributed by atoms with Gasteiger partial charge >= 0.3 is 0 Å². The van der Waals surface area contributed by atoms with Crippen LogP contribution in [0.3, 0.4) is 0 Å². The Hall–Kier alpha value is -4.96. The number of fused-ring (bicyclic) bond motifs is 5. The standard InChI is InChI=1S/C36H35N7O3/c1-41-33-27(14-22(16-30(33)46-2)36(45)43-18-21-9-12-28(43)32(21)37)40-35(41)29-15-20-8-11-26(39-34(20)42(29)17-19-6-7-19)23-4-3-5-25-24(23)10-13-31(44)38-25/h3-5,8,10-11,13-16,19,21,28,32H,6-7,9,12,17-18,37H2,1-2H3,(H,38,44). The number of methoxy groups -OCH3 is 1. The SMILES string of the molecule is COc1cc(C(=O)N2CC3CCC2C3N)cc2nc(-c3cc4ccc(-c5cccc6[nH]c(=O)ccc56)nc4n3CC3CC3)n(C)c12. The second kappa shape index (κ2) is 10.0. The summed E-state index contributed by atoms with van der Waals surface area (Å²) in [5.41, 5.74) is 12.9. The number of imidazole rings is 1. The summed E-state index contributed by atoms with van der Waals surface area (Å²) < 4.78 is 10.2. The molecule has 1 aliphatic heterocycles. The minimum Gasteiger partial charge on any atom is -0.494 e. The van der Waals surface area contributed by atoms with Gasteiger partial charge in [-0.15, -0.1) is 0 Å². The van der Waals surface area contributed by atoms with Gasteiger partial charge in [-0.25, -0.2) is 9.97 Å². The summed E-state index contributed by atoms with van der Waals surface area (Å²) >= 11 is 0. The summed E-state index contributed by atoms with van der Waals surface area (Å²) in [5, 5.41) is 1.98. The summed E-state index contributed by atoms with van der Waals surface area (Å²) in [4.78, 5) is 41.0. The largest absolute Gasteiger partial charge is 0.494 e. The number of pyridine rings is 2. The first-order valence-electron chi connectivity index (χ1n) is 16.1. The summed E-state index contributed by atoms with van der Waals surface area (Å²) in [5.74, 6) is 2.39. The van der Waals surface area contributed by atoms with Crippen molar-refractivity contribution in [2.75, 3.05) is 13.7 Å². The van der Waals surface area contributed by atoms with E-state index in [0.29, 0.717) is 29.7 Å². The van der Waals surface area contributed by atoms with E-state index in [1.165, 1.54) is 12.8 Å². The molecule has 9 rings (SSSR count). The van der Waals surface area contributed by atoms with Crippen molar-refractivity contribution in [3.05, 3.63) is 76.6 Å². The molecule has 5 heterocycles. The van der Waals surface area contributed by atoms with Crippen molar-refractivity contribution in [2.45, 2.75) is 44.3 Å². The molecule has 1 amide bonds. The molecule has 3 aliphatic rings. The molecular formula is C36H35N7O3. The van der Waals surface area contributed by atoms with Gasteiger partial charge in [-0.1, -0.05) is 12.1 Å². The first kappa shape index (κ1) is 27.4. The molecule has 4 aromatic heterocycles. The number of hydrogen-bond donors (Lipinski definition) is 2. The van der Waals surface area contributed by atoms with E-state index in [0.717, 1.165) is 75.1 Å². The lowest BCUT2D eigenvalue weighted by atomic mass is 10.0. The van der Waals surface area contributed by atoms with Crippen molar-refractivity contribution < 1.29 is 9.53 Å². The quantitative estimate of drug-likeness (QED) is 0.270. The van der Waals surface area contributed by atoms with E-state index in [1.807, 2.05) is 54.4 Å². The average molecular weight is 614 g/mol. The van der Waals surface area contributed by atoms with Crippen LogP contribution in [0, 0.1) is 11.8 Å². The van der Waals surface area contributed by atoms with Crippen molar-refractivity contribution in [3.63, 3.8) is 0 Å². The number of amides is 1.